The number of methoxy groups -OCH3 is 1. The minimum Gasteiger partial charge on any atom is -0.453 e. The molecule has 1 amide bonds. The second kappa shape index (κ2) is 10.5. The highest BCUT2D eigenvalue weighted by atomic mass is 16.5. The Balaban J connectivity index is 2.45. The van der Waals surface area contributed by atoms with Crippen LogP contribution in [0.15, 0.2) is 29.3 Å². The van der Waals surface area contributed by atoms with E-state index in [2.05, 4.69) is 39.5 Å². The van der Waals surface area contributed by atoms with Gasteiger partial charge in [-0.25, -0.2) is 4.79 Å². The van der Waals surface area contributed by atoms with Gasteiger partial charge in [-0.2, -0.15) is 0 Å². The van der Waals surface area contributed by atoms with Gasteiger partial charge in [0.15, 0.2) is 5.96 Å². The van der Waals surface area contributed by atoms with Gasteiger partial charge in [0.05, 0.1) is 7.11 Å². The van der Waals surface area contributed by atoms with Crippen molar-refractivity contribution in [3.05, 3.63) is 29.8 Å². The lowest BCUT2D eigenvalue weighted by atomic mass is 10.0. The second-order valence-electron chi connectivity index (χ2n) is 5.30. The van der Waals surface area contributed by atoms with Gasteiger partial charge in [-0.15, -0.1) is 0 Å². The molecule has 0 spiro atoms. The van der Waals surface area contributed by atoms with E-state index in [9.17, 15) is 4.79 Å². The number of amides is 1. The Kier molecular flexibility index (Phi) is 8.57. The van der Waals surface area contributed by atoms with Gasteiger partial charge >= 0.3 is 6.09 Å². The predicted molar refractivity (Wildman–Crippen MR) is 94.7 cm³/mol. The molecule has 128 valence electrons. The van der Waals surface area contributed by atoms with Crippen molar-refractivity contribution in [1.82, 2.24) is 10.6 Å². The number of hydrogen-bond acceptors (Lipinski definition) is 3. The SMILES string of the molecule is CCC(CC)CNC(=NC)NCc1ccc(NC(=O)OC)cc1. The second-order valence-corrected chi connectivity index (χ2v) is 5.30. The number of nitrogens with zero attached hydrogens (tertiary/aromatic N) is 1. The quantitative estimate of drug-likeness (QED) is 0.533. The number of ether oxygens (including phenoxy) is 1. The number of hydrogen-bond donors (Lipinski definition) is 3. The van der Waals surface area contributed by atoms with Crippen molar-refractivity contribution >= 4 is 17.7 Å². The van der Waals surface area contributed by atoms with Crippen molar-refractivity contribution in [1.29, 1.82) is 0 Å². The van der Waals surface area contributed by atoms with Crippen molar-refractivity contribution in [2.45, 2.75) is 33.2 Å². The van der Waals surface area contributed by atoms with Crippen LogP contribution in [0.25, 0.3) is 0 Å². The Bertz CT molecular complexity index is 496. The zero-order valence-corrected chi connectivity index (χ0v) is 14.5. The molecule has 1 aromatic rings. The van der Waals surface area contributed by atoms with E-state index in [0.717, 1.165) is 30.9 Å². The molecule has 6 heteroatoms. The van der Waals surface area contributed by atoms with Gasteiger partial charge in [-0.05, 0) is 23.6 Å². The van der Waals surface area contributed by atoms with E-state index in [-0.39, 0.29) is 0 Å². The minimum atomic E-state index is -0.470. The fraction of sp³-hybridized carbons (Fsp3) is 0.529. The van der Waals surface area contributed by atoms with Crippen LogP contribution in [-0.2, 0) is 11.3 Å². The Morgan fingerprint density at radius 2 is 1.83 bits per heavy atom. The number of aliphatic imine (C=N–C) groups is 1. The molecular formula is C17H28N4O2. The Labute approximate surface area is 138 Å². The average Bonchev–Trinajstić information content (AvgIpc) is 2.59. The van der Waals surface area contributed by atoms with Gasteiger partial charge in [0.1, 0.15) is 0 Å². The van der Waals surface area contributed by atoms with Crippen molar-refractivity contribution < 1.29 is 9.53 Å². The average molecular weight is 320 g/mol. The molecule has 0 heterocycles. The third-order valence-corrected chi connectivity index (χ3v) is 3.78. The largest absolute Gasteiger partial charge is 0.453 e. The standard InChI is InChI=1S/C17H28N4O2/c1-5-13(6-2)11-19-16(18-3)20-12-14-7-9-15(10-8-14)21-17(22)23-4/h7-10,13H,5-6,11-12H2,1-4H3,(H,21,22)(H2,18,19,20). The third-order valence-electron chi connectivity index (χ3n) is 3.78. The molecule has 0 saturated carbocycles. The van der Waals surface area contributed by atoms with Crippen LogP contribution in [0.4, 0.5) is 10.5 Å². The molecule has 0 bridgehead atoms. The lowest BCUT2D eigenvalue weighted by molar-refractivity contribution is 0.187. The molecule has 1 rings (SSSR count). The minimum absolute atomic E-state index is 0.470. The molecule has 0 unspecified atom stereocenters. The topological polar surface area (TPSA) is 74.8 Å². The van der Waals surface area contributed by atoms with Crippen LogP contribution < -0.4 is 16.0 Å². The summed E-state index contributed by atoms with van der Waals surface area (Å²) in [6.07, 6.45) is 1.85. The van der Waals surface area contributed by atoms with Crippen molar-refractivity contribution in [3.63, 3.8) is 0 Å². The molecule has 1 aromatic carbocycles. The molecule has 23 heavy (non-hydrogen) atoms. The van der Waals surface area contributed by atoms with E-state index in [1.54, 1.807) is 7.05 Å². The maximum Gasteiger partial charge on any atom is 0.411 e. The zero-order chi connectivity index (χ0) is 17.1. The first-order chi connectivity index (χ1) is 11.1. The number of nitrogens with one attached hydrogen (secondary N) is 3. The maximum atomic E-state index is 11.1. The smallest absolute Gasteiger partial charge is 0.411 e. The summed E-state index contributed by atoms with van der Waals surface area (Å²) in [6, 6.07) is 7.58. The Hall–Kier alpha value is -2.24. The summed E-state index contributed by atoms with van der Waals surface area (Å²) in [4.78, 5) is 15.4. The summed E-state index contributed by atoms with van der Waals surface area (Å²) >= 11 is 0. The van der Waals surface area contributed by atoms with Crippen LogP contribution in [0.3, 0.4) is 0 Å². The summed E-state index contributed by atoms with van der Waals surface area (Å²) < 4.78 is 4.56. The van der Waals surface area contributed by atoms with E-state index < -0.39 is 6.09 Å². The van der Waals surface area contributed by atoms with Gasteiger partial charge in [0.2, 0.25) is 0 Å². The highest BCUT2D eigenvalue weighted by Crippen LogP contribution is 2.09. The van der Waals surface area contributed by atoms with Crippen LogP contribution in [0, 0.1) is 5.92 Å². The van der Waals surface area contributed by atoms with Crippen molar-refractivity contribution in [3.8, 4) is 0 Å². The van der Waals surface area contributed by atoms with E-state index in [0.29, 0.717) is 18.2 Å². The summed E-state index contributed by atoms with van der Waals surface area (Å²) in [7, 11) is 3.11. The highest BCUT2D eigenvalue weighted by molar-refractivity contribution is 5.84. The molecule has 0 aromatic heterocycles. The zero-order valence-electron chi connectivity index (χ0n) is 14.5. The lowest BCUT2D eigenvalue weighted by Crippen LogP contribution is -2.39. The van der Waals surface area contributed by atoms with Gasteiger partial charge in [-0.3, -0.25) is 10.3 Å². The van der Waals surface area contributed by atoms with Gasteiger partial charge in [0.25, 0.3) is 0 Å². The van der Waals surface area contributed by atoms with Gasteiger partial charge < -0.3 is 15.4 Å². The van der Waals surface area contributed by atoms with Crippen molar-refractivity contribution in [2.75, 3.05) is 26.0 Å². The fourth-order valence-corrected chi connectivity index (χ4v) is 2.10. The number of rotatable bonds is 7. The number of anilines is 1. The lowest BCUT2D eigenvalue weighted by Gasteiger charge is -2.16. The molecule has 0 aliphatic carbocycles. The molecule has 3 N–H and O–H groups in total. The molecular weight excluding hydrogens is 292 g/mol. The molecule has 0 saturated heterocycles. The summed E-state index contributed by atoms with van der Waals surface area (Å²) in [6.45, 7) is 6.00. The first kappa shape index (κ1) is 18.8. The van der Waals surface area contributed by atoms with Gasteiger partial charge in [-0.1, -0.05) is 38.8 Å². The van der Waals surface area contributed by atoms with E-state index >= 15 is 0 Å². The van der Waals surface area contributed by atoms with Crippen LogP contribution >= 0.6 is 0 Å². The summed E-state index contributed by atoms with van der Waals surface area (Å²) in [5, 5.41) is 9.26. The predicted octanol–water partition coefficient (Wildman–Crippen LogP) is 2.97. The Morgan fingerprint density at radius 3 is 2.35 bits per heavy atom. The molecule has 0 aliphatic rings. The van der Waals surface area contributed by atoms with E-state index in [4.69, 9.17) is 0 Å². The van der Waals surface area contributed by atoms with E-state index in [1.165, 1.54) is 7.11 Å². The first-order valence-electron chi connectivity index (χ1n) is 8.01. The van der Waals surface area contributed by atoms with Crippen LogP contribution in [0.5, 0.6) is 0 Å². The molecule has 0 atom stereocenters. The summed E-state index contributed by atoms with van der Waals surface area (Å²) in [5.41, 5.74) is 1.81. The van der Waals surface area contributed by atoms with Crippen molar-refractivity contribution in [2.24, 2.45) is 10.9 Å². The molecule has 0 fully saturated rings. The Morgan fingerprint density at radius 1 is 1.17 bits per heavy atom. The maximum absolute atomic E-state index is 11.1. The molecule has 0 aliphatic heterocycles. The number of carbonyl (C=O) groups is 1. The summed E-state index contributed by atoms with van der Waals surface area (Å²) in [5.74, 6) is 1.46. The normalized spacial score (nSPS) is 11.3. The number of carbonyl (C=O) groups excluding carboxylic acids is 1. The van der Waals surface area contributed by atoms with Gasteiger partial charge in [0, 0.05) is 25.8 Å². The fourth-order valence-electron chi connectivity index (χ4n) is 2.10. The molecule has 0 radical (unpaired) electrons. The first-order valence-corrected chi connectivity index (χ1v) is 8.01. The van der Waals surface area contributed by atoms with Crippen LogP contribution in [0.1, 0.15) is 32.3 Å². The molecule has 6 nitrogen and oxygen atoms in total. The monoisotopic (exact) mass is 320 g/mol. The van der Waals surface area contributed by atoms with Crippen LogP contribution in [-0.4, -0.2) is 32.8 Å². The number of guanidine groups is 1. The number of benzene rings is 1. The highest BCUT2D eigenvalue weighted by Gasteiger charge is 2.05. The third kappa shape index (κ3) is 7.04. The van der Waals surface area contributed by atoms with Crippen LogP contribution in [0.2, 0.25) is 0 Å². The van der Waals surface area contributed by atoms with E-state index in [1.807, 2.05) is 24.3 Å².